The SMILES string of the molecule is [1H]C(OC([2H])Oc1ccc2nc3ccc(=O)cc-3oc2c1)c1ccccc1. The molecule has 2 aromatic rings. The van der Waals surface area contributed by atoms with Crippen molar-refractivity contribution in [2.24, 2.45) is 0 Å². The van der Waals surface area contributed by atoms with Crippen molar-refractivity contribution >= 4 is 11.1 Å². The Bertz CT molecular complexity index is 1100. The quantitative estimate of drug-likeness (QED) is 0.410. The Morgan fingerprint density at radius 1 is 1.12 bits per heavy atom. The first kappa shape index (κ1) is 13.1. The zero-order chi connectivity index (χ0) is 18.8. The number of nitrogens with zero attached hydrogens (tertiary/aromatic N) is 1. The Balaban J connectivity index is 1.54. The second-order valence-corrected chi connectivity index (χ2v) is 5.35. The van der Waals surface area contributed by atoms with Crippen LogP contribution in [0.1, 0.15) is 8.30 Å². The monoisotopic (exact) mass is 334 g/mol. The van der Waals surface area contributed by atoms with E-state index in [-0.39, 0.29) is 5.43 Å². The number of fused-ring (bicyclic) bond motifs is 2. The third-order valence-corrected chi connectivity index (χ3v) is 3.57. The van der Waals surface area contributed by atoms with Crippen LogP contribution in [-0.2, 0) is 11.3 Å². The molecule has 25 heavy (non-hydrogen) atoms. The number of benzene rings is 3. The lowest BCUT2D eigenvalue weighted by atomic mass is 10.2. The highest BCUT2D eigenvalue weighted by Gasteiger charge is 2.10. The van der Waals surface area contributed by atoms with Crippen LogP contribution in [0.4, 0.5) is 0 Å². The minimum Gasteiger partial charge on any atom is -0.467 e. The fourth-order valence-electron chi connectivity index (χ4n) is 2.38. The summed E-state index contributed by atoms with van der Waals surface area (Å²) in [7, 11) is 0. The average molecular weight is 334 g/mol. The molecule has 0 N–H and O–H groups in total. The highest BCUT2D eigenvalue weighted by Crippen LogP contribution is 2.26. The Hall–Kier alpha value is -3.18. The molecule has 124 valence electrons. The molecule has 0 spiro atoms. The summed E-state index contributed by atoms with van der Waals surface area (Å²) in [5, 5.41) is 0. The van der Waals surface area contributed by atoms with Crippen LogP contribution >= 0.6 is 0 Å². The zero-order valence-electron chi connectivity index (χ0n) is 15.1. The minimum absolute atomic E-state index is 0.165. The predicted molar refractivity (Wildman–Crippen MR) is 93.6 cm³/mol. The molecular formula is C20H15NO4. The van der Waals surface area contributed by atoms with E-state index in [1.54, 1.807) is 48.5 Å². The van der Waals surface area contributed by atoms with Crippen LogP contribution in [0.3, 0.4) is 0 Å². The van der Waals surface area contributed by atoms with Gasteiger partial charge in [-0.2, -0.15) is 0 Å². The third-order valence-electron chi connectivity index (χ3n) is 3.57. The molecule has 2 aromatic carbocycles. The van der Waals surface area contributed by atoms with Gasteiger partial charge in [-0.1, -0.05) is 30.3 Å². The number of hydrogen-bond acceptors (Lipinski definition) is 5. The smallest absolute Gasteiger partial charge is 0.189 e. The molecule has 0 aromatic heterocycles. The molecule has 0 saturated carbocycles. The van der Waals surface area contributed by atoms with Gasteiger partial charge >= 0.3 is 0 Å². The molecule has 0 saturated heterocycles. The topological polar surface area (TPSA) is 61.6 Å². The Morgan fingerprint density at radius 3 is 2.88 bits per heavy atom. The highest BCUT2D eigenvalue weighted by molar-refractivity contribution is 5.77. The van der Waals surface area contributed by atoms with E-state index in [1.807, 2.05) is 6.07 Å². The van der Waals surface area contributed by atoms with E-state index in [0.29, 0.717) is 33.9 Å². The second-order valence-electron chi connectivity index (χ2n) is 5.35. The van der Waals surface area contributed by atoms with Crippen LogP contribution in [0, 0.1) is 0 Å². The molecule has 1 heterocycles. The van der Waals surface area contributed by atoms with E-state index in [0.717, 1.165) is 0 Å². The number of hydrogen-bond donors (Lipinski definition) is 0. The van der Waals surface area contributed by atoms with E-state index in [4.69, 9.17) is 16.6 Å². The molecular weight excluding hydrogens is 318 g/mol. The van der Waals surface area contributed by atoms with E-state index >= 15 is 0 Å². The summed E-state index contributed by atoms with van der Waals surface area (Å²) >= 11 is 0. The van der Waals surface area contributed by atoms with Gasteiger partial charge in [0, 0.05) is 12.1 Å². The summed E-state index contributed by atoms with van der Waals surface area (Å²) in [5.41, 5.74) is 2.07. The fraction of sp³-hybridized carbons (Fsp3) is 0.100. The molecule has 5 heteroatoms. The lowest BCUT2D eigenvalue weighted by molar-refractivity contribution is 0.00509. The van der Waals surface area contributed by atoms with Crippen LogP contribution in [-0.4, -0.2) is 11.8 Å². The molecule has 5 nitrogen and oxygen atoms in total. The van der Waals surface area contributed by atoms with Gasteiger partial charge in [0.2, 0.25) is 0 Å². The fourth-order valence-corrected chi connectivity index (χ4v) is 2.38. The maximum atomic E-state index is 11.5. The molecule has 0 amide bonds. The standard InChI is InChI=1S/C20H15NO4/c22-15-6-8-17-19(10-15)25-20-11-16(7-9-18(20)21-17)24-13-23-12-14-4-2-1-3-5-14/h1-11H,12-13H2/i12H,13D. The molecule has 2 aliphatic rings. The lowest BCUT2D eigenvalue weighted by Crippen LogP contribution is -2.03. The Kier molecular flexibility index (Phi) is 3.55. The maximum Gasteiger partial charge on any atom is 0.189 e. The molecule has 2 atom stereocenters. The zero-order valence-corrected chi connectivity index (χ0v) is 13.1. The summed E-state index contributed by atoms with van der Waals surface area (Å²) in [6, 6.07) is 18.3. The summed E-state index contributed by atoms with van der Waals surface area (Å²) in [6.45, 7) is -2.41. The highest BCUT2D eigenvalue weighted by atomic mass is 16.7. The van der Waals surface area contributed by atoms with Crippen molar-refractivity contribution in [3.63, 3.8) is 0 Å². The van der Waals surface area contributed by atoms with Gasteiger partial charge in [-0.25, -0.2) is 4.98 Å². The normalized spacial score (nSPS) is 14.7. The molecule has 1 aliphatic carbocycles. The van der Waals surface area contributed by atoms with Crippen molar-refractivity contribution in [1.29, 1.82) is 0 Å². The number of ether oxygens (including phenoxy) is 2. The van der Waals surface area contributed by atoms with Gasteiger partial charge in [0.1, 0.15) is 18.3 Å². The first-order chi connectivity index (χ1) is 13.1. The van der Waals surface area contributed by atoms with Crippen LogP contribution in [0.2, 0.25) is 0 Å². The van der Waals surface area contributed by atoms with E-state index in [1.165, 1.54) is 12.1 Å². The van der Waals surface area contributed by atoms with Crippen molar-refractivity contribution in [2.75, 3.05) is 6.77 Å². The molecule has 1 aliphatic heterocycles. The largest absolute Gasteiger partial charge is 0.467 e. The van der Waals surface area contributed by atoms with Crippen LogP contribution < -0.4 is 10.2 Å². The minimum atomic E-state index is -1.38. The van der Waals surface area contributed by atoms with Crippen LogP contribution in [0.5, 0.6) is 5.75 Å². The Labute approximate surface area is 146 Å². The third kappa shape index (κ3) is 3.51. The lowest BCUT2D eigenvalue weighted by Gasteiger charge is -2.09. The van der Waals surface area contributed by atoms with Crippen molar-refractivity contribution < 1.29 is 16.6 Å². The average Bonchev–Trinajstić information content (AvgIpc) is 2.67. The Morgan fingerprint density at radius 2 is 2.00 bits per heavy atom. The van der Waals surface area contributed by atoms with Gasteiger partial charge in [0.25, 0.3) is 0 Å². The van der Waals surface area contributed by atoms with Crippen LogP contribution in [0.25, 0.3) is 22.6 Å². The van der Waals surface area contributed by atoms with Gasteiger partial charge in [-0.3, -0.25) is 4.79 Å². The van der Waals surface area contributed by atoms with Crippen LogP contribution in [0.15, 0.2) is 75.9 Å². The molecule has 0 radical (unpaired) electrons. The van der Waals surface area contributed by atoms with Gasteiger partial charge in [0.05, 0.1) is 7.95 Å². The summed E-state index contributed by atoms with van der Waals surface area (Å²) < 4.78 is 32.3. The molecule has 2 unspecified atom stereocenters. The first-order valence-corrected chi connectivity index (χ1v) is 7.65. The second kappa shape index (κ2) is 6.75. The van der Waals surface area contributed by atoms with Gasteiger partial charge in [-0.05, 0) is 29.8 Å². The maximum absolute atomic E-state index is 11.5. The molecule has 4 rings (SSSR count). The summed E-state index contributed by atoms with van der Waals surface area (Å²) in [4.78, 5) is 15.9. The van der Waals surface area contributed by atoms with E-state index < -0.39 is 13.4 Å². The van der Waals surface area contributed by atoms with Gasteiger partial charge < -0.3 is 13.9 Å². The van der Waals surface area contributed by atoms with Crippen molar-refractivity contribution in [2.45, 2.75) is 6.58 Å². The number of rotatable bonds is 5. The number of aromatic nitrogens is 1. The molecule has 0 bridgehead atoms. The summed E-state index contributed by atoms with van der Waals surface area (Å²) in [6.07, 6.45) is 0. The summed E-state index contributed by atoms with van der Waals surface area (Å²) in [5.74, 6) is 0.715. The van der Waals surface area contributed by atoms with E-state index in [9.17, 15) is 4.79 Å². The van der Waals surface area contributed by atoms with E-state index in [2.05, 4.69) is 4.98 Å². The molecule has 0 fully saturated rings. The predicted octanol–water partition coefficient (Wildman–Crippen LogP) is 3.85. The first-order valence-electron chi connectivity index (χ1n) is 8.80. The van der Waals surface area contributed by atoms with Crippen molar-refractivity contribution in [3.05, 3.63) is 82.5 Å². The van der Waals surface area contributed by atoms with Crippen molar-refractivity contribution in [3.8, 4) is 17.2 Å². The van der Waals surface area contributed by atoms with Gasteiger partial charge in [0.15, 0.2) is 23.5 Å². The van der Waals surface area contributed by atoms with Gasteiger partial charge in [-0.15, -0.1) is 0 Å². The van der Waals surface area contributed by atoms with Crippen molar-refractivity contribution in [1.82, 2.24) is 4.98 Å².